The van der Waals surface area contributed by atoms with E-state index in [1.165, 1.54) is 12.1 Å². The van der Waals surface area contributed by atoms with Crippen molar-refractivity contribution in [3.63, 3.8) is 0 Å². The second kappa shape index (κ2) is 4.19. The third-order valence-electron chi connectivity index (χ3n) is 1.83. The summed E-state index contributed by atoms with van der Waals surface area (Å²) in [5.74, 6) is -1.47. The highest BCUT2D eigenvalue weighted by atomic mass is 19.1. The molecular formula is C10H12FNO2. The molecule has 0 aliphatic carbocycles. The first-order valence-corrected chi connectivity index (χ1v) is 4.28. The van der Waals surface area contributed by atoms with Crippen LogP contribution in [0, 0.1) is 5.82 Å². The molecule has 1 aromatic carbocycles. The van der Waals surface area contributed by atoms with Crippen molar-refractivity contribution in [3.05, 3.63) is 35.1 Å². The average Bonchev–Trinajstić information content (AvgIpc) is 2.07. The Kier molecular flexibility index (Phi) is 3.19. The van der Waals surface area contributed by atoms with Crippen molar-refractivity contribution >= 4 is 5.97 Å². The third kappa shape index (κ3) is 2.53. The van der Waals surface area contributed by atoms with E-state index in [0.717, 1.165) is 6.07 Å². The van der Waals surface area contributed by atoms with Gasteiger partial charge in [0.05, 0.1) is 5.56 Å². The van der Waals surface area contributed by atoms with Gasteiger partial charge in [-0.15, -0.1) is 0 Å². The van der Waals surface area contributed by atoms with Crippen LogP contribution in [0.4, 0.5) is 4.39 Å². The summed E-state index contributed by atoms with van der Waals surface area (Å²) in [7, 11) is 0. The fraction of sp³-hybridized carbons (Fsp3) is 0.300. The quantitative estimate of drug-likeness (QED) is 0.770. The molecule has 14 heavy (non-hydrogen) atoms. The molecule has 0 heterocycles. The molecule has 4 heteroatoms. The number of nitrogens with two attached hydrogens (primary N) is 1. The largest absolute Gasteiger partial charge is 0.478 e. The predicted molar refractivity (Wildman–Crippen MR) is 50.7 cm³/mol. The highest BCUT2D eigenvalue weighted by molar-refractivity contribution is 5.87. The van der Waals surface area contributed by atoms with E-state index >= 15 is 0 Å². The highest BCUT2D eigenvalue weighted by Gasteiger charge is 2.09. The summed E-state index contributed by atoms with van der Waals surface area (Å²) in [6.07, 6.45) is 0.340. The van der Waals surface area contributed by atoms with Gasteiger partial charge in [-0.2, -0.15) is 0 Å². The monoisotopic (exact) mass is 197 g/mol. The molecule has 0 aromatic heterocycles. The van der Waals surface area contributed by atoms with E-state index in [0.29, 0.717) is 12.0 Å². The van der Waals surface area contributed by atoms with Gasteiger partial charge in [-0.25, -0.2) is 9.18 Å². The molecule has 76 valence electrons. The lowest BCUT2D eigenvalue weighted by Crippen LogP contribution is -2.18. The second-order valence-corrected chi connectivity index (χ2v) is 3.29. The molecule has 0 amide bonds. The number of carboxylic acid groups (broad SMARTS) is 1. The summed E-state index contributed by atoms with van der Waals surface area (Å²) < 4.78 is 13.1. The maximum Gasteiger partial charge on any atom is 0.335 e. The van der Waals surface area contributed by atoms with E-state index in [4.69, 9.17) is 10.8 Å². The lowest BCUT2D eigenvalue weighted by atomic mass is 10.0. The molecule has 0 aliphatic heterocycles. The fourth-order valence-electron chi connectivity index (χ4n) is 1.21. The summed E-state index contributed by atoms with van der Waals surface area (Å²) in [5.41, 5.74) is 5.94. The van der Waals surface area contributed by atoms with Gasteiger partial charge in [0.2, 0.25) is 0 Å². The summed E-state index contributed by atoms with van der Waals surface area (Å²) in [6, 6.07) is 3.53. The molecule has 0 saturated carbocycles. The lowest BCUT2D eigenvalue weighted by Gasteiger charge is -2.07. The normalized spacial score (nSPS) is 12.5. The summed E-state index contributed by atoms with van der Waals surface area (Å²) in [4.78, 5) is 10.6. The number of benzene rings is 1. The van der Waals surface area contributed by atoms with Crippen LogP contribution in [-0.2, 0) is 6.42 Å². The molecule has 1 atom stereocenters. The highest BCUT2D eigenvalue weighted by Crippen LogP contribution is 2.12. The van der Waals surface area contributed by atoms with Crippen molar-refractivity contribution in [1.82, 2.24) is 0 Å². The van der Waals surface area contributed by atoms with Crippen LogP contribution in [0.5, 0.6) is 0 Å². The first-order chi connectivity index (χ1) is 6.50. The fourth-order valence-corrected chi connectivity index (χ4v) is 1.21. The van der Waals surface area contributed by atoms with Gasteiger partial charge in [0.25, 0.3) is 0 Å². The van der Waals surface area contributed by atoms with Gasteiger partial charge in [-0.3, -0.25) is 0 Å². The van der Waals surface area contributed by atoms with E-state index in [9.17, 15) is 9.18 Å². The average molecular weight is 197 g/mol. The van der Waals surface area contributed by atoms with Gasteiger partial charge in [0, 0.05) is 6.04 Å². The molecular weight excluding hydrogens is 185 g/mol. The van der Waals surface area contributed by atoms with Crippen LogP contribution in [0.1, 0.15) is 22.8 Å². The molecule has 3 nitrogen and oxygen atoms in total. The van der Waals surface area contributed by atoms with Crippen LogP contribution in [-0.4, -0.2) is 17.1 Å². The van der Waals surface area contributed by atoms with Crippen LogP contribution in [0.2, 0.25) is 0 Å². The Hall–Kier alpha value is -1.42. The standard InChI is InChI=1S/C10H12FNO2/c1-6(12)4-8-5-7(10(13)14)2-3-9(8)11/h2-3,5-6H,4,12H2,1H3,(H,13,14)/t6-/m1/s1. The number of carbonyl (C=O) groups is 1. The predicted octanol–water partition coefficient (Wildman–Crippen LogP) is 1.41. The minimum absolute atomic E-state index is 0.0852. The van der Waals surface area contributed by atoms with Gasteiger partial charge in [-0.1, -0.05) is 0 Å². The number of hydrogen-bond acceptors (Lipinski definition) is 2. The number of halogens is 1. The maximum absolute atomic E-state index is 13.1. The van der Waals surface area contributed by atoms with Crippen LogP contribution in [0.25, 0.3) is 0 Å². The maximum atomic E-state index is 13.1. The first-order valence-electron chi connectivity index (χ1n) is 4.28. The van der Waals surface area contributed by atoms with Crippen molar-refractivity contribution in [2.75, 3.05) is 0 Å². The summed E-state index contributed by atoms with van der Waals surface area (Å²) >= 11 is 0. The second-order valence-electron chi connectivity index (χ2n) is 3.29. The molecule has 3 N–H and O–H groups in total. The number of aromatic carboxylic acids is 1. The first kappa shape index (κ1) is 10.7. The Morgan fingerprint density at radius 3 is 2.79 bits per heavy atom. The van der Waals surface area contributed by atoms with Gasteiger partial charge < -0.3 is 10.8 Å². The Bertz CT molecular complexity index is 350. The zero-order chi connectivity index (χ0) is 10.7. The Morgan fingerprint density at radius 1 is 1.64 bits per heavy atom. The van der Waals surface area contributed by atoms with Crippen molar-refractivity contribution in [3.8, 4) is 0 Å². The van der Waals surface area contributed by atoms with Crippen LogP contribution in [0.3, 0.4) is 0 Å². The minimum Gasteiger partial charge on any atom is -0.478 e. The van der Waals surface area contributed by atoms with E-state index in [1.807, 2.05) is 0 Å². The minimum atomic E-state index is -1.06. The Morgan fingerprint density at radius 2 is 2.29 bits per heavy atom. The Balaban J connectivity index is 3.02. The third-order valence-corrected chi connectivity index (χ3v) is 1.83. The molecule has 0 radical (unpaired) electrons. The van der Waals surface area contributed by atoms with Crippen molar-refractivity contribution in [2.45, 2.75) is 19.4 Å². The lowest BCUT2D eigenvalue weighted by molar-refractivity contribution is 0.0696. The number of hydrogen-bond donors (Lipinski definition) is 2. The van der Waals surface area contributed by atoms with Crippen molar-refractivity contribution < 1.29 is 14.3 Å². The summed E-state index contributed by atoms with van der Waals surface area (Å²) in [6.45, 7) is 1.74. The van der Waals surface area contributed by atoms with E-state index < -0.39 is 11.8 Å². The molecule has 0 unspecified atom stereocenters. The molecule has 0 fully saturated rings. The van der Waals surface area contributed by atoms with Gasteiger partial charge in [0.15, 0.2) is 0 Å². The molecule has 0 bridgehead atoms. The van der Waals surface area contributed by atoms with Gasteiger partial charge in [-0.05, 0) is 37.1 Å². The van der Waals surface area contributed by atoms with E-state index in [2.05, 4.69) is 0 Å². The van der Waals surface area contributed by atoms with Crippen molar-refractivity contribution in [2.24, 2.45) is 5.73 Å². The van der Waals surface area contributed by atoms with Gasteiger partial charge in [0.1, 0.15) is 5.82 Å². The Labute approximate surface area is 81.4 Å². The molecule has 0 aliphatic rings. The summed E-state index contributed by atoms with van der Waals surface area (Å²) in [5, 5.41) is 8.68. The van der Waals surface area contributed by atoms with Crippen molar-refractivity contribution in [1.29, 1.82) is 0 Å². The zero-order valence-corrected chi connectivity index (χ0v) is 7.83. The van der Waals surface area contributed by atoms with Gasteiger partial charge >= 0.3 is 5.97 Å². The molecule has 1 aromatic rings. The topological polar surface area (TPSA) is 63.3 Å². The van der Waals surface area contributed by atoms with E-state index in [-0.39, 0.29) is 11.6 Å². The SMILES string of the molecule is C[C@@H](N)Cc1cc(C(=O)O)ccc1F. The smallest absolute Gasteiger partial charge is 0.335 e. The number of carboxylic acids is 1. The van der Waals surface area contributed by atoms with E-state index in [1.54, 1.807) is 6.92 Å². The van der Waals surface area contributed by atoms with Crippen LogP contribution >= 0.6 is 0 Å². The number of rotatable bonds is 3. The molecule has 1 rings (SSSR count). The molecule has 0 saturated heterocycles. The zero-order valence-electron chi connectivity index (χ0n) is 7.83. The molecule has 0 spiro atoms. The van der Waals surface area contributed by atoms with Crippen LogP contribution in [0.15, 0.2) is 18.2 Å². The van der Waals surface area contributed by atoms with Crippen LogP contribution < -0.4 is 5.73 Å².